The van der Waals surface area contributed by atoms with Crippen LogP contribution in [0.2, 0.25) is 10.0 Å². The topological polar surface area (TPSA) is 35.6 Å². The molecule has 1 fully saturated rings. The fourth-order valence-electron chi connectivity index (χ4n) is 2.94. The van der Waals surface area contributed by atoms with Gasteiger partial charge in [0.25, 0.3) is 0 Å². The lowest BCUT2D eigenvalue weighted by atomic mass is 10.2. The van der Waals surface area contributed by atoms with Gasteiger partial charge < -0.3 is 5.32 Å². The van der Waals surface area contributed by atoms with Crippen LogP contribution < -0.4 is 5.32 Å². The van der Waals surface area contributed by atoms with Gasteiger partial charge in [-0.3, -0.25) is 14.6 Å². The van der Waals surface area contributed by atoms with Crippen molar-refractivity contribution in [1.29, 1.82) is 0 Å². The van der Waals surface area contributed by atoms with E-state index in [0.717, 1.165) is 44.0 Å². The first-order chi connectivity index (χ1) is 12.1. The Balaban J connectivity index is 1.46. The molecule has 1 N–H and O–H groups in total. The lowest BCUT2D eigenvalue weighted by Crippen LogP contribution is -2.48. The van der Waals surface area contributed by atoms with Crippen LogP contribution in [0.1, 0.15) is 5.56 Å². The highest BCUT2D eigenvalue weighted by molar-refractivity contribution is 6.35. The van der Waals surface area contributed by atoms with Gasteiger partial charge in [-0.15, -0.1) is 0 Å². The van der Waals surface area contributed by atoms with Crippen LogP contribution >= 0.6 is 23.2 Å². The smallest absolute Gasteiger partial charge is 0.238 e. The summed E-state index contributed by atoms with van der Waals surface area (Å²) in [4.78, 5) is 16.6. The first-order valence-corrected chi connectivity index (χ1v) is 9.10. The molecule has 0 atom stereocenters. The SMILES string of the molecule is O=C(CN1CCN(Cc2c(Cl)cccc2Cl)CC1)Nc1ccccc1. The van der Waals surface area contributed by atoms with Crippen LogP contribution in [0.3, 0.4) is 0 Å². The van der Waals surface area contributed by atoms with Crippen LogP contribution in [0.25, 0.3) is 0 Å². The average Bonchev–Trinajstić information content (AvgIpc) is 2.60. The summed E-state index contributed by atoms with van der Waals surface area (Å²) in [6.45, 7) is 4.63. The van der Waals surface area contributed by atoms with Crippen molar-refractivity contribution in [3.63, 3.8) is 0 Å². The number of amides is 1. The van der Waals surface area contributed by atoms with Gasteiger partial charge in [-0.25, -0.2) is 0 Å². The predicted octanol–water partition coefficient (Wildman–Crippen LogP) is 3.75. The number of hydrogen-bond donors (Lipinski definition) is 1. The van der Waals surface area contributed by atoms with E-state index in [-0.39, 0.29) is 5.91 Å². The molecule has 2 aromatic carbocycles. The molecule has 2 aromatic rings. The molecule has 1 aliphatic heterocycles. The van der Waals surface area contributed by atoms with E-state index in [4.69, 9.17) is 23.2 Å². The Morgan fingerprint density at radius 3 is 2.12 bits per heavy atom. The van der Waals surface area contributed by atoms with Gasteiger partial charge >= 0.3 is 0 Å². The molecule has 1 saturated heterocycles. The van der Waals surface area contributed by atoms with E-state index >= 15 is 0 Å². The van der Waals surface area contributed by atoms with Crippen LogP contribution in [0, 0.1) is 0 Å². The van der Waals surface area contributed by atoms with E-state index in [9.17, 15) is 4.79 Å². The van der Waals surface area contributed by atoms with Crippen LogP contribution in [-0.4, -0.2) is 48.4 Å². The highest BCUT2D eigenvalue weighted by Gasteiger charge is 2.20. The third kappa shape index (κ3) is 5.19. The van der Waals surface area contributed by atoms with E-state index in [0.29, 0.717) is 16.6 Å². The van der Waals surface area contributed by atoms with Crippen molar-refractivity contribution in [2.75, 3.05) is 38.0 Å². The molecule has 4 nitrogen and oxygen atoms in total. The molecule has 1 heterocycles. The first-order valence-electron chi connectivity index (χ1n) is 8.34. The Hall–Kier alpha value is -1.59. The molecule has 3 rings (SSSR count). The van der Waals surface area contributed by atoms with Crippen molar-refractivity contribution in [3.05, 3.63) is 64.1 Å². The van der Waals surface area contributed by atoms with Crippen LogP contribution in [-0.2, 0) is 11.3 Å². The molecule has 6 heteroatoms. The quantitative estimate of drug-likeness (QED) is 0.861. The lowest BCUT2D eigenvalue weighted by molar-refractivity contribution is -0.117. The lowest BCUT2D eigenvalue weighted by Gasteiger charge is -2.34. The highest BCUT2D eigenvalue weighted by atomic mass is 35.5. The molecule has 0 unspecified atom stereocenters. The zero-order chi connectivity index (χ0) is 17.6. The Morgan fingerprint density at radius 1 is 0.880 bits per heavy atom. The van der Waals surface area contributed by atoms with Crippen molar-refractivity contribution < 1.29 is 4.79 Å². The number of benzene rings is 2. The summed E-state index contributed by atoms with van der Waals surface area (Å²) < 4.78 is 0. The maximum absolute atomic E-state index is 12.1. The molecule has 25 heavy (non-hydrogen) atoms. The van der Waals surface area contributed by atoms with E-state index < -0.39 is 0 Å². The molecule has 1 aliphatic rings. The number of piperazine rings is 1. The summed E-state index contributed by atoms with van der Waals surface area (Å²) in [5.74, 6) is 0.0220. The van der Waals surface area contributed by atoms with Gasteiger partial charge in [-0.05, 0) is 24.3 Å². The normalized spacial score (nSPS) is 15.9. The number of carbonyl (C=O) groups excluding carboxylic acids is 1. The number of hydrogen-bond acceptors (Lipinski definition) is 3. The maximum atomic E-state index is 12.1. The number of nitrogens with one attached hydrogen (secondary N) is 1. The summed E-state index contributed by atoms with van der Waals surface area (Å²) in [6, 6.07) is 15.1. The maximum Gasteiger partial charge on any atom is 0.238 e. The monoisotopic (exact) mass is 377 g/mol. The Bertz CT molecular complexity index is 696. The summed E-state index contributed by atoms with van der Waals surface area (Å²) in [7, 11) is 0. The molecule has 0 aromatic heterocycles. The van der Waals surface area contributed by atoms with Crippen LogP contribution in [0.15, 0.2) is 48.5 Å². The number of nitrogens with zero attached hydrogens (tertiary/aromatic N) is 2. The zero-order valence-electron chi connectivity index (χ0n) is 13.9. The zero-order valence-corrected chi connectivity index (χ0v) is 15.4. The average molecular weight is 378 g/mol. The van der Waals surface area contributed by atoms with E-state index in [1.165, 1.54) is 0 Å². The number of anilines is 1. The molecule has 132 valence electrons. The summed E-state index contributed by atoms with van der Waals surface area (Å²) in [6.07, 6.45) is 0. The number of rotatable bonds is 5. The fraction of sp³-hybridized carbons (Fsp3) is 0.316. The van der Waals surface area contributed by atoms with Gasteiger partial charge in [0.2, 0.25) is 5.91 Å². The Morgan fingerprint density at radius 2 is 1.48 bits per heavy atom. The van der Waals surface area contributed by atoms with E-state index in [2.05, 4.69) is 15.1 Å². The molecular weight excluding hydrogens is 357 g/mol. The van der Waals surface area contributed by atoms with E-state index in [1.54, 1.807) is 0 Å². The van der Waals surface area contributed by atoms with Gasteiger partial charge in [0, 0.05) is 54.0 Å². The highest BCUT2D eigenvalue weighted by Crippen LogP contribution is 2.26. The number of carbonyl (C=O) groups is 1. The molecule has 0 bridgehead atoms. The molecule has 1 amide bonds. The molecule has 0 saturated carbocycles. The minimum atomic E-state index is 0.0220. The molecular formula is C19H21Cl2N3O. The molecule has 0 spiro atoms. The van der Waals surface area contributed by atoms with Crippen LogP contribution in [0.4, 0.5) is 5.69 Å². The minimum absolute atomic E-state index is 0.0220. The van der Waals surface area contributed by atoms with Crippen molar-refractivity contribution >= 4 is 34.8 Å². The van der Waals surface area contributed by atoms with Crippen molar-refractivity contribution in [2.24, 2.45) is 0 Å². The summed E-state index contributed by atoms with van der Waals surface area (Å²) in [5.41, 5.74) is 1.81. The number of para-hydroxylation sites is 1. The largest absolute Gasteiger partial charge is 0.325 e. The second kappa shape index (κ2) is 8.68. The van der Waals surface area contributed by atoms with E-state index in [1.807, 2.05) is 48.5 Å². The van der Waals surface area contributed by atoms with Crippen molar-refractivity contribution in [1.82, 2.24) is 9.80 Å². The second-order valence-corrected chi connectivity index (χ2v) is 6.98. The van der Waals surface area contributed by atoms with Gasteiger partial charge in [0.15, 0.2) is 0 Å². The van der Waals surface area contributed by atoms with Gasteiger partial charge in [0.05, 0.1) is 6.54 Å². The van der Waals surface area contributed by atoms with Crippen molar-refractivity contribution in [3.8, 4) is 0 Å². The minimum Gasteiger partial charge on any atom is -0.325 e. The summed E-state index contributed by atoms with van der Waals surface area (Å²) in [5, 5.41) is 4.34. The number of halogens is 2. The predicted molar refractivity (Wildman–Crippen MR) is 103 cm³/mol. The molecule has 0 aliphatic carbocycles. The standard InChI is InChI=1S/C19H21Cl2N3O/c20-17-7-4-8-18(21)16(17)13-23-9-11-24(12-10-23)14-19(25)22-15-5-2-1-3-6-15/h1-8H,9-14H2,(H,22,25). The second-order valence-electron chi connectivity index (χ2n) is 6.17. The molecule has 0 radical (unpaired) electrons. The summed E-state index contributed by atoms with van der Waals surface area (Å²) >= 11 is 12.5. The third-order valence-corrected chi connectivity index (χ3v) is 5.04. The Labute approximate surface area is 158 Å². The first kappa shape index (κ1) is 18.2. The van der Waals surface area contributed by atoms with Gasteiger partial charge in [0.1, 0.15) is 0 Å². The van der Waals surface area contributed by atoms with Crippen molar-refractivity contribution in [2.45, 2.75) is 6.54 Å². The van der Waals surface area contributed by atoms with Gasteiger partial charge in [-0.2, -0.15) is 0 Å². The third-order valence-electron chi connectivity index (χ3n) is 4.33. The van der Waals surface area contributed by atoms with Gasteiger partial charge in [-0.1, -0.05) is 47.5 Å². The Kier molecular flexibility index (Phi) is 6.32. The fourth-order valence-corrected chi connectivity index (χ4v) is 3.45. The van der Waals surface area contributed by atoms with Crippen LogP contribution in [0.5, 0.6) is 0 Å².